The normalized spacial score (nSPS) is 10.1. The third-order valence-corrected chi connectivity index (χ3v) is 3.96. The summed E-state index contributed by atoms with van der Waals surface area (Å²) >= 11 is 0. The Labute approximate surface area is 217 Å². The van der Waals surface area contributed by atoms with E-state index in [0.29, 0.717) is 0 Å². The second-order valence-corrected chi connectivity index (χ2v) is 6.56. The Hall–Kier alpha value is 0.420. The summed E-state index contributed by atoms with van der Waals surface area (Å²) in [4.78, 5) is 20.0. The fourth-order valence-corrected chi connectivity index (χ4v) is 2.44. The Morgan fingerprint density at radius 3 is 1.14 bits per heavy atom. The third-order valence-electron chi connectivity index (χ3n) is 3.96. The van der Waals surface area contributed by atoms with Gasteiger partial charge in [-0.2, -0.15) is 0 Å². The van der Waals surface area contributed by atoms with Crippen LogP contribution in [0.5, 0.6) is 0 Å². The Morgan fingerprint density at radius 2 is 0.857 bits per heavy atom. The number of allylic oxidation sites excluding steroid dienone is 2. The molecule has 4 nitrogen and oxygen atoms in total. The van der Waals surface area contributed by atoms with Crippen LogP contribution in [0, 0.1) is 0 Å². The van der Waals surface area contributed by atoms with Gasteiger partial charge in [0, 0.05) is 0 Å². The quantitative estimate of drug-likeness (QED) is 0.168. The van der Waals surface area contributed by atoms with Crippen LogP contribution in [0.4, 0.5) is 0 Å². The van der Waals surface area contributed by atoms with Gasteiger partial charge in [0.2, 0.25) is 0 Å². The molecule has 0 saturated carbocycles. The minimum absolute atomic E-state index is 0. The van der Waals surface area contributed by atoms with Crippen molar-refractivity contribution in [2.24, 2.45) is 0 Å². The van der Waals surface area contributed by atoms with Crippen molar-refractivity contribution in [1.82, 2.24) is 0 Å². The summed E-state index contributed by atoms with van der Waals surface area (Å²) in [6.07, 6.45) is 22.2. The molecule has 0 spiro atoms. The van der Waals surface area contributed by atoms with E-state index in [-0.39, 0.29) is 59.1 Å². The van der Waals surface area contributed by atoms with Crippen molar-refractivity contribution < 1.29 is 78.9 Å². The van der Waals surface area contributed by atoms with Gasteiger partial charge < -0.3 is 19.8 Å². The van der Waals surface area contributed by atoms with Gasteiger partial charge in [0.05, 0.1) is 11.9 Å². The zero-order valence-electron chi connectivity index (χ0n) is 18.8. The Kier molecular flexibility index (Phi) is 41.1. The van der Waals surface area contributed by atoms with E-state index in [9.17, 15) is 19.8 Å². The maximum absolute atomic E-state index is 9.98. The van der Waals surface area contributed by atoms with Crippen molar-refractivity contribution in [3.05, 3.63) is 24.3 Å². The van der Waals surface area contributed by atoms with Crippen molar-refractivity contribution in [3.63, 3.8) is 0 Å². The second-order valence-electron chi connectivity index (χ2n) is 6.56. The first-order valence-corrected chi connectivity index (χ1v) is 10.3. The van der Waals surface area contributed by atoms with E-state index in [1.807, 2.05) is 0 Å². The molecule has 0 aromatic rings. The number of hydrogen-bond acceptors (Lipinski definition) is 4. The molecule has 28 heavy (non-hydrogen) atoms. The van der Waals surface area contributed by atoms with Gasteiger partial charge in [-0.1, -0.05) is 90.2 Å². The second kappa shape index (κ2) is 32.1. The molecule has 0 N–H and O–H groups in total. The molecule has 0 aliphatic rings. The number of carbonyl (C=O) groups excluding carboxylic acids is 2. The van der Waals surface area contributed by atoms with Crippen LogP contribution in [0.25, 0.3) is 0 Å². The number of carboxylic acids is 2. The summed E-state index contributed by atoms with van der Waals surface area (Å²) in [5.74, 6) is -2.18. The van der Waals surface area contributed by atoms with E-state index in [0.717, 1.165) is 37.8 Å². The summed E-state index contributed by atoms with van der Waals surface area (Å²) in [6.45, 7) is 4.39. The van der Waals surface area contributed by atoms with E-state index in [1.54, 1.807) is 12.2 Å². The molecule has 0 amide bonds. The third kappa shape index (κ3) is 40.9. The molecule has 0 aliphatic carbocycles. The van der Waals surface area contributed by atoms with Crippen molar-refractivity contribution in [2.45, 2.75) is 104 Å². The molecule has 0 aromatic carbocycles. The van der Waals surface area contributed by atoms with Gasteiger partial charge in [0.15, 0.2) is 0 Å². The summed E-state index contributed by atoms with van der Waals surface area (Å²) in [6, 6.07) is 0. The molecular formula is C22H38Na2O4. The van der Waals surface area contributed by atoms with Crippen molar-refractivity contribution in [2.75, 3.05) is 0 Å². The fourth-order valence-electron chi connectivity index (χ4n) is 2.44. The maximum atomic E-state index is 9.98. The molecule has 0 radical (unpaired) electrons. The molecule has 0 fully saturated rings. The number of carboxylic acid groups (broad SMARTS) is 2. The first kappa shape index (κ1) is 35.8. The maximum Gasteiger partial charge on any atom is 1.00 e. The van der Waals surface area contributed by atoms with E-state index in [4.69, 9.17) is 0 Å². The van der Waals surface area contributed by atoms with Crippen LogP contribution in [0.2, 0.25) is 0 Å². The molecule has 0 atom stereocenters. The minimum Gasteiger partial charge on any atom is -0.545 e. The topological polar surface area (TPSA) is 80.3 Å². The van der Waals surface area contributed by atoms with Crippen molar-refractivity contribution >= 4 is 11.9 Å². The van der Waals surface area contributed by atoms with Gasteiger partial charge in [-0.15, -0.1) is 0 Å². The van der Waals surface area contributed by atoms with Crippen LogP contribution in [0.3, 0.4) is 0 Å². The Bertz CT molecular complexity index is 347. The van der Waals surface area contributed by atoms with E-state index in [2.05, 4.69) is 13.8 Å². The predicted molar refractivity (Wildman–Crippen MR) is 104 cm³/mol. The van der Waals surface area contributed by atoms with Gasteiger partial charge in [0.1, 0.15) is 0 Å². The van der Waals surface area contributed by atoms with Crippen LogP contribution in [0.1, 0.15) is 104 Å². The average molecular weight is 413 g/mol. The monoisotopic (exact) mass is 412 g/mol. The number of rotatable bonds is 16. The molecule has 0 saturated heterocycles. The number of hydrogen-bond donors (Lipinski definition) is 0. The molecule has 0 aromatic heterocycles. The van der Waals surface area contributed by atoms with Gasteiger partial charge in [-0.05, 0) is 37.8 Å². The molecule has 0 rings (SSSR count). The van der Waals surface area contributed by atoms with Gasteiger partial charge in [-0.25, -0.2) is 0 Å². The zero-order valence-corrected chi connectivity index (χ0v) is 22.8. The van der Waals surface area contributed by atoms with E-state index in [1.165, 1.54) is 64.2 Å². The fraction of sp³-hybridized carbons (Fsp3) is 0.727. The van der Waals surface area contributed by atoms with Crippen LogP contribution in [-0.4, -0.2) is 11.9 Å². The van der Waals surface area contributed by atoms with Crippen molar-refractivity contribution in [3.8, 4) is 0 Å². The molecule has 152 valence electrons. The van der Waals surface area contributed by atoms with E-state index >= 15 is 0 Å². The molecule has 0 bridgehead atoms. The largest absolute Gasteiger partial charge is 1.00 e. The summed E-state index contributed by atoms with van der Waals surface area (Å²) < 4.78 is 0. The minimum atomic E-state index is -1.09. The molecular weight excluding hydrogens is 374 g/mol. The molecule has 0 heterocycles. The molecule has 0 aliphatic heterocycles. The number of aliphatic carboxylic acids is 2. The number of unbranched alkanes of at least 4 members (excludes halogenated alkanes) is 12. The smallest absolute Gasteiger partial charge is 0.545 e. The summed E-state index contributed by atoms with van der Waals surface area (Å²) in [5.41, 5.74) is 0. The standard InChI is InChI=1S/2C11H20O2.2Na/c2*1-2-3-4-5-6-7-8-9-10-11(12)13;;/h2*9-10H,2-8H2,1H3,(H,12,13);;/q;;2*+1/p-2. The van der Waals surface area contributed by atoms with Crippen LogP contribution < -0.4 is 69.3 Å². The first-order valence-electron chi connectivity index (χ1n) is 10.3. The van der Waals surface area contributed by atoms with Gasteiger partial charge in [-0.3, -0.25) is 0 Å². The average Bonchev–Trinajstić information content (AvgIpc) is 2.60. The number of carbonyl (C=O) groups is 2. The SMILES string of the molecule is CCCCCCCCC=CC(=O)[O-].CCCCCCCCC=CC(=O)[O-].[Na+].[Na+]. The van der Waals surface area contributed by atoms with Crippen LogP contribution in [-0.2, 0) is 9.59 Å². The van der Waals surface area contributed by atoms with Gasteiger partial charge in [0.25, 0.3) is 0 Å². The zero-order chi connectivity index (χ0) is 19.9. The van der Waals surface area contributed by atoms with Crippen LogP contribution >= 0.6 is 0 Å². The first-order chi connectivity index (χ1) is 12.5. The molecule has 0 unspecified atom stereocenters. The van der Waals surface area contributed by atoms with Gasteiger partial charge >= 0.3 is 59.1 Å². The Morgan fingerprint density at radius 1 is 0.571 bits per heavy atom. The summed E-state index contributed by atoms with van der Waals surface area (Å²) in [7, 11) is 0. The van der Waals surface area contributed by atoms with Crippen molar-refractivity contribution in [1.29, 1.82) is 0 Å². The predicted octanol–water partition coefficient (Wildman–Crippen LogP) is -1.91. The van der Waals surface area contributed by atoms with Crippen LogP contribution in [0.15, 0.2) is 24.3 Å². The molecule has 6 heteroatoms. The summed E-state index contributed by atoms with van der Waals surface area (Å²) in [5, 5.41) is 20.0. The van der Waals surface area contributed by atoms with E-state index < -0.39 is 11.9 Å². The Balaban J connectivity index is -0.000000192.